The van der Waals surface area contributed by atoms with Crippen LogP contribution in [0.3, 0.4) is 0 Å². The van der Waals surface area contributed by atoms with Gasteiger partial charge in [-0.05, 0) is 25.1 Å². The average Bonchev–Trinajstić information content (AvgIpc) is 3.00. The predicted molar refractivity (Wildman–Crippen MR) is 91.9 cm³/mol. The summed E-state index contributed by atoms with van der Waals surface area (Å²) in [6.45, 7) is 4.33. The van der Waals surface area contributed by atoms with Crippen molar-refractivity contribution in [1.82, 2.24) is 15.3 Å². The van der Waals surface area contributed by atoms with Gasteiger partial charge in [-0.3, -0.25) is 4.90 Å². The van der Waals surface area contributed by atoms with E-state index >= 15 is 0 Å². The number of imidazole rings is 1. The maximum Gasteiger partial charge on any atom is 0.323 e. The lowest BCUT2D eigenvalue weighted by atomic mass is 10.2. The number of benzene rings is 1. The van der Waals surface area contributed by atoms with Gasteiger partial charge >= 0.3 is 11.7 Å². The number of hydrogen-bond acceptors (Lipinski definition) is 4. The molecule has 2 heterocycles. The number of carbonyl (C=O) groups excluding carboxylic acids is 1. The van der Waals surface area contributed by atoms with Crippen LogP contribution in [0.4, 0.5) is 16.2 Å². The quantitative estimate of drug-likeness (QED) is 0.786. The largest absolute Gasteiger partial charge is 0.490 e. The van der Waals surface area contributed by atoms with Crippen LogP contribution in [0.15, 0.2) is 29.2 Å². The molecule has 0 bridgehead atoms. The first-order valence-electron chi connectivity index (χ1n) is 7.90. The molecule has 0 saturated carbocycles. The predicted octanol–water partition coefficient (Wildman–Crippen LogP) is 1.27. The molecule has 3 N–H and O–H groups in total. The molecule has 2 aromatic rings. The minimum Gasteiger partial charge on any atom is -0.490 e. The molecular formula is C16H21N5O3. The van der Waals surface area contributed by atoms with Gasteiger partial charge in [0.25, 0.3) is 0 Å². The number of H-pyrrole nitrogens is 2. The Hall–Kier alpha value is -2.90. The smallest absolute Gasteiger partial charge is 0.323 e. The second-order valence-corrected chi connectivity index (χ2v) is 5.49. The summed E-state index contributed by atoms with van der Waals surface area (Å²) in [5, 5.41) is 2.65. The van der Waals surface area contributed by atoms with Crippen molar-refractivity contribution in [3.05, 3.63) is 40.6 Å². The number of rotatable bonds is 4. The summed E-state index contributed by atoms with van der Waals surface area (Å²) in [7, 11) is 1.61. The Bertz CT molecular complexity index is 782. The number of amides is 2. The number of anilines is 2. The molecule has 0 unspecified atom stereocenters. The van der Waals surface area contributed by atoms with Crippen molar-refractivity contribution in [2.24, 2.45) is 0 Å². The Kier molecular flexibility index (Phi) is 4.45. The molecule has 1 aliphatic heterocycles. The van der Waals surface area contributed by atoms with Gasteiger partial charge in [0, 0.05) is 25.5 Å². The zero-order valence-corrected chi connectivity index (χ0v) is 13.8. The third kappa shape index (κ3) is 3.08. The normalized spacial score (nSPS) is 13.2. The number of aromatic amines is 2. The van der Waals surface area contributed by atoms with E-state index in [1.54, 1.807) is 18.1 Å². The van der Waals surface area contributed by atoms with Gasteiger partial charge in [-0.2, -0.15) is 0 Å². The Morgan fingerprint density at radius 1 is 1.46 bits per heavy atom. The summed E-state index contributed by atoms with van der Waals surface area (Å²) in [5.41, 5.74) is 2.29. The molecule has 8 nitrogen and oxygen atoms in total. The molecule has 1 aromatic heterocycles. The number of nitrogens with zero attached hydrogens (tertiary/aromatic N) is 2. The summed E-state index contributed by atoms with van der Waals surface area (Å²) in [6, 6.07) is 5.54. The average molecular weight is 331 g/mol. The third-order valence-electron chi connectivity index (χ3n) is 4.00. The van der Waals surface area contributed by atoms with Gasteiger partial charge < -0.3 is 24.9 Å². The van der Waals surface area contributed by atoms with Gasteiger partial charge in [0.15, 0.2) is 0 Å². The molecule has 0 atom stereocenters. The first kappa shape index (κ1) is 16.0. The van der Waals surface area contributed by atoms with E-state index in [4.69, 9.17) is 4.74 Å². The van der Waals surface area contributed by atoms with Gasteiger partial charge in [-0.25, -0.2) is 9.59 Å². The van der Waals surface area contributed by atoms with Crippen molar-refractivity contribution in [2.75, 3.05) is 36.5 Å². The number of urea groups is 1. The molecule has 8 heteroatoms. The lowest BCUT2D eigenvalue weighted by Gasteiger charge is -2.32. The van der Waals surface area contributed by atoms with Crippen LogP contribution >= 0.6 is 0 Å². The van der Waals surface area contributed by atoms with Crippen molar-refractivity contribution in [1.29, 1.82) is 0 Å². The van der Waals surface area contributed by atoms with E-state index in [9.17, 15) is 9.59 Å². The molecule has 0 aliphatic carbocycles. The number of aromatic nitrogens is 2. The Morgan fingerprint density at radius 3 is 2.96 bits per heavy atom. The number of ether oxygens (including phenoxy) is 1. The maximum atomic E-state index is 12.0. The highest BCUT2D eigenvalue weighted by Crippen LogP contribution is 2.36. The number of fused-ring (bicyclic) bond motifs is 1. The summed E-state index contributed by atoms with van der Waals surface area (Å²) in [6.07, 6.45) is 1.67. The van der Waals surface area contributed by atoms with Crippen LogP contribution in [0, 0.1) is 0 Å². The van der Waals surface area contributed by atoms with Crippen LogP contribution in [-0.4, -0.2) is 42.7 Å². The standard InChI is InChI=1S/C16H21N5O3/c1-3-21(16(23)17-2)12-4-5-14-13(8-12)20(6-7-24-14)10-11-9-18-15(22)19-11/h4-5,8-9H,3,6-7,10H2,1-2H3,(H,17,23)(H2,18,19,22). The molecule has 1 aromatic carbocycles. The molecular weight excluding hydrogens is 310 g/mol. The molecule has 0 radical (unpaired) electrons. The summed E-state index contributed by atoms with van der Waals surface area (Å²) < 4.78 is 5.71. The van der Waals surface area contributed by atoms with E-state index < -0.39 is 0 Å². The van der Waals surface area contributed by atoms with Crippen molar-refractivity contribution >= 4 is 17.4 Å². The number of carbonyl (C=O) groups is 1. The summed E-state index contributed by atoms with van der Waals surface area (Å²) in [4.78, 5) is 32.4. The van der Waals surface area contributed by atoms with E-state index in [0.29, 0.717) is 26.2 Å². The van der Waals surface area contributed by atoms with Crippen LogP contribution in [0.1, 0.15) is 12.6 Å². The van der Waals surface area contributed by atoms with E-state index in [2.05, 4.69) is 20.2 Å². The molecule has 0 fully saturated rings. The number of nitrogens with one attached hydrogen (secondary N) is 3. The van der Waals surface area contributed by atoms with Crippen LogP contribution in [0.5, 0.6) is 5.75 Å². The van der Waals surface area contributed by atoms with Crippen LogP contribution in [-0.2, 0) is 6.54 Å². The zero-order chi connectivity index (χ0) is 17.1. The third-order valence-corrected chi connectivity index (χ3v) is 4.00. The topological polar surface area (TPSA) is 93.5 Å². The van der Waals surface area contributed by atoms with Crippen molar-refractivity contribution < 1.29 is 9.53 Å². The first-order valence-corrected chi connectivity index (χ1v) is 7.90. The summed E-state index contributed by atoms with van der Waals surface area (Å²) >= 11 is 0. The number of hydrogen-bond donors (Lipinski definition) is 3. The monoisotopic (exact) mass is 331 g/mol. The van der Waals surface area contributed by atoms with Gasteiger partial charge in [-0.1, -0.05) is 0 Å². The fourth-order valence-corrected chi connectivity index (χ4v) is 2.83. The molecule has 1 aliphatic rings. The summed E-state index contributed by atoms with van der Waals surface area (Å²) in [5.74, 6) is 0.774. The lowest BCUT2D eigenvalue weighted by Crippen LogP contribution is -2.38. The fraction of sp³-hybridized carbons (Fsp3) is 0.375. The minimum absolute atomic E-state index is 0.157. The van der Waals surface area contributed by atoms with Gasteiger partial charge in [0.1, 0.15) is 12.4 Å². The Morgan fingerprint density at radius 2 is 2.29 bits per heavy atom. The van der Waals surface area contributed by atoms with Crippen molar-refractivity contribution in [3.63, 3.8) is 0 Å². The van der Waals surface area contributed by atoms with Crippen molar-refractivity contribution in [2.45, 2.75) is 13.5 Å². The Balaban J connectivity index is 1.91. The van der Waals surface area contributed by atoms with E-state index in [1.165, 1.54) is 0 Å². The molecule has 24 heavy (non-hydrogen) atoms. The van der Waals surface area contributed by atoms with E-state index in [1.807, 2.05) is 25.1 Å². The van der Waals surface area contributed by atoms with Gasteiger partial charge in [0.2, 0.25) is 0 Å². The highest BCUT2D eigenvalue weighted by atomic mass is 16.5. The van der Waals surface area contributed by atoms with Crippen LogP contribution in [0.25, 0.3) is 0 Å². The fourth-order valence-electron chi connectivity index (χ4n) is 2.83. The van der Waals surface area contributed by atoms with Crippen LogP contribution in [0.2, 0.25) is 0 Å². The second-order valence-electron chi connectivity index (χ2n) is 5.49. The molecule has 2 amide bonds. The molecule has 0 spiro atoms. The maximum absolute atomic E-state index is 12.0. The highest BCUT2D eigenvalue weighted by Gasteiger charge is 2.21. The van der Waals surface area contributed by atoms with Gasteiger partial charge in [-0.15, -0.1) is 0 Å². The highest BCUT2D eigenvalue weighted by molar-refractivity contribution is 5.92. The van der Waals surface area contributed by atoms with Gasteiger partial charge in [0.05, 0.1) is 24.5 Å². The minimum atomic E-state index is -0.219. The first-order chi connectivity index (χ1) is 11.6. The van der Waals surface area contributed by atoms with Crippen LogP contribution < -0.4 is 25.5 Å². The van der Waals surface area contributed by atoms with E-state index in [-0.39, 0.29) is 11.7 Å². The molecule has 0 saturated heterocycles. The van der Waals surface area contributed by atoms with Crippen molar-refractivity contribution in [3.8, 4) is 5.75 Å². The SMILES string of the molecule is CCN(C(=O)NC)c1ccc2c(c1)N(Cc1c[nH]c(=O)[nH]1)CCO2. The van der Waals surface area contributed by atoms with E-state index in [0.717, 1.165) is 22.8 Å². The second kappa shape index (κ2) is 6.69. The lowest BCUT2D eigenvalue weighted by molar-refractivity contribution is 0.248. The zero-order valence-electron chi connectivity index (χ0n) is 13.8. The molecule has 3 rings (SSSR count). The Labute approximate surface area is 139 Å². The molecule has 128 valence electrons.